The fourth-order valence-electron chi connectivity index (χ4n) is 7.44. The lowest BCUT2D eigenvalue weighted by molar-refractivity contribution is -0.151. The number of rotatable bonds is 46. The van der Waals surface area contributed by atoms with Gasteiger partial charge in [0.1, 0.15) is 6.10 Å². The first-order valence-corrected chi connectivity index (χ1v) is 27.2. The van der Waals surface area contributed by atoms with Gasteiger partial charge in [-0.1, -0.05) is 282 Å². The molecule has 0 rings (SSSR count). The maximum Gasteiger partial charge on any atom is 0.306 e. The summed E-state index contributed by atoms with van der Waals surface area (Å²) in [6.07, 6.45) is 77.6. The van der Waals surface area contributed by atoms with Gasteiger partial charge in [0.15, 0.2) is 0 Å². The second kappa shape index (κ2) is 53.7. The van der Waals surface area contributed by atoms with Crippen LogP contribution >= 0.6 is 0 Å². The summed E-state index contributed by atoms with van der Waals surface area (Å²) in [7, 11) is 0. The van der Waals surface area contributed by atoms with Crippen molar-refractivity contribution in [3.63, 3.8) is 0 Å². The maximum absolute atomic E-state index is 13.2. The van der Waals surface area contributed by atoms with Crippen LogP contribution in [-0.2, 0) is 14.3 Å². The van der Waals surface area contributed by atoms with Crippen LogP contribution in [0.1, 0.15) is 207 Å². The van der Waals surface area contributed by atoms with Gasteiger partial charge < -0.3 is 20.3 Å². The molecule has 0 aliphatic heterocycles. The first-order chi connectivity index (χ1) is 33.5. The Bertz CT molecular complexity index is 1520. The Hall–Kier alpha value is -4.26. The molecule has 0 spiro atoms. The molecule has 0 aromatic rings. The minimum absolute atomic E-state index is 0.00241. The third-order valence-electron chi connectivity index (χ3n) is 11.5. The number of hydrogen-bond acceptors (Lipinski definition) is 5. The first-order valence-electron chi connectivity index (χ1n) is 27.2. The van der Waals surface area contributed by atoms with E-state index < -0.39 is 18.2 Å². The van der Waals surface area contributed by atoms with Crippen molar-refractivity contribution in [3.8, 4) is 0 Å². The Labute approximate surface area is 417 Å². The van der Waals surface area contributed by atoms with E-state index in [0.29, 0.717) is 19.3 Å². The van der Waals surface area contributed by atoms with Crippen molar-refractivity contribution in [1.29, 1.82) is 0 Å². The fourth-order valence-corrected chi connectivity index (χ4v) is 7.44. The minimum Gasteiger partial charge on any atom is -0.462 e. The van der Waals surface area contributed by atoms with Crippen molar-refractivity contribution in [3.05, 3.63) is 146 Å². The van der Waals surface area contributed by atoms with Crippen LogP contribution in [-0.4, -0.2) is 46.9 Å². The largest absolute Gasteiger partial charge is 0.462 e. The summed E-state index contributed by atoms with van der Waals surface area (Å²) < 4.78 is 5.88. The van der Waals surface area contributed by atoms with Crippen LogP contribution in [0.25, 0.3) is 0 Å². The molecule has 6 heteroatoms. The lowest BCUT2D eigenvalue weighted by atomic mass is 10.0. The van der Waals surface area contributed by atoms with Gasteiger partial charge >= 0.3 is 5.97 Å². The highest BCUT2D eigenvalue weighted by atomic mass is 16.5. The van der Waals surface area contributed by atoms with Crippen LogP contribution < -0.4 is 5.32 Å². The summed E-state index contributed by atoms with van der Waals surface area (Å²) in [5.41, 5.74) is 0. The Balaban J connectivity index is 4.79. The first kappa shape index (κ1) is 63.7. The Kier molecular flexibility index (Phi) is 50.3. The molecule has 0 aromatic carbocycles. The van der Waals surface area contributed by atoms with Crippen molar-refractivity contribution in [2.45, 2.75) is 225 Å². The molecule has 0 heterocycles. The number of allylic oxidation sites excluding steroid dienone is 24. The molecule has 0 bridgehead atoms. The van der Waals surface area contributed by atoms with E-state index in [2.05, 4.69) is 50.4 Å². The molecular weight excluding hydrogens is 839 g/mol. The number of aliphatic hydroxyl groups is 2. The van der Waals surface area contributed by atoms with Crippen molar-refractivity contribution in [1.82, 2.24) is 5.32 Å². The van der Waals surface area contributed by atoms with Crippen LogP contribution in [0.3, 0.4) is 0 Å². The average Bonchev–Trinajstić information content (AvgIpc) is 3.33. The van der Waals surface area contributed by atoms with E-state index in [4.69, 9.17) is 4.74 Å². The molecular formula is C62H99NO5. The maximum atomic E-state index is 13.2. The number of esters is 1. The highest BCUT2D eigenvalue weighted by Crippen LogP contribution is 2.17. The fraction of sp³-hybridized carbons (Fsp3) is 0.581. The van der Waals surface area contributed by atoms with Crippen LogP contribution in [0, 0.1) is 0 Å². The van der Waals surface area contributed by atoms with E-state index in [0.717, 1.165) is 70.6 Å². The number of nitrogens with one attached hydrogen (secondary N) is 1. The molecule has 1 amide bonds. The second-order valence-electron chi connectivity index (χ2n) is 17.8. The monoisotopic (exact) mass is 938 g/mol. The van der Waals surface area contributed by atoms with Crippen LogP contribution in [0.4, 0.5) is 0 Å². The summed E-state index contributed by atoms with van der Waals surface area (Å²) in [4.78, 5) is 26.2. The highest BCUT2D eigenvalue weighted by molar-refractivity contribution is 5.77. The van der Waals surface area contributed by atoms with E-state index in [1.165, 1.54) is 89.9 Å². The van der Waals surface area contributed by atoms with E-state index in [1.54, 1.807) is 0 Å². The van der Waals surface area contributed by atoms with Gasteiger partial charge in [-0.15, -0.1) is 0 Å². The summed E-state index contributed by atoms with van der Waals surface area (Å²) in [5, 5.41) is 23.8. The standard InChI is InChI=1S/C62H99NO5/c1-4-7-10-13-16-19-22-25-28-30-33-36-39-42-45-48-51-54-60(65)59(57-64)63-61(66)56-58(53-50-47-44-41-38-35-32-27-24-21-18-15-12-9-6-3)68-62(67)55-52-49-46-43-40-37-34-31-29-26-23-20-17-14-11-8-5-2/h8-9,11-12,14-15,17-18,20-21,23-24,26-27,29,31-32,34-35,37-38,40-41,44,58-60,64-65H,4-7,10,13,16,19,22,25,28,30,33,36,39,42-43,45-57H2,1-3H3,(H,63,66)/b11-8-,12-9-,17-14+,18-15+,23-20+,24-21+,29-26-,32-27-,34-31+,38-35+,40-37+,44-41+. The molecule has 0 saturated carbocycles. The topological polar surface area (TPSA) is 95.9 Å². The predicted octanol–water partition coefficient (Wildman–Crippen LogP) is 16.8. The van der Waals surface area contributed by atoms with Gasteiger partial charge in [-0.2, -0.15) is 0 Å². The smallest absolute Gasteiger partial charge is 0.306 e. The number of ether oxygens (including phenoxy) is 1. The molecule has 0 fully saturated rings. The third-order valence-corrected chi connectivity index (χ3v) is 11.5. The van der Waals surface area contributed by atoms with Gasteiger partial charge in [0.2, 0.25) is 5.91 Å². The summed E-state index contributed by atoms with van der Waals surface area (Å²) >= 11 is 0. The molecule has 3 atom stereocenters. The summed E-state index contributed by atoms with van der Waals surface area (Å²) in [5.74, 6) is -0.615. The van der Waals surface area contributed by atoms with E-state index in [1.807, 2.05) is 122 Å². The number of aliphatic hydroxyl groups excluding tert-OH is 2. The molecule has 68 heavy (non-hydrogen) atoms. The normalized spacial score (nSPS) is 14.4. The molecule has 382 valence electrons. The summed E-state index contributed by atoms with van der Waals surface area (Å²) in [6.45, 7) is 6.16. The van der Waals surface area contributed by atoms with Gasteiger partial charge in [0, 0.05) is 6.42 Å². The van der Waals surface area contributed by atoms with Crippen molar-refractivity contribution < 1.29 is 24.5 Å². The molecule has 0 aliphatic carbocycles. The van der Waals surface area contributed by atoms with Gasteiger partial charge in [-0.05, 0) is 57.8 Å². The predicted molar refractivity (Wildman–Crippen MR) is 295 cm³/mol. The van der Waals surface area contributed by atoms with Crippen molar-refractivity contribution in [2.75, 3.05) is 6.61 Å². The number of carbonyl (C=O) groups is 2. The van der Waals surface area contributed by atoms with Crippen molar-refractivity contribution >= 4 is 11.9 Å². The molecule has 6 nitrogen and oxygen atoms in total. The van der Waals surface area contributed by atoms with Crippen LogP contribution in [0.15, 0.2) is 146 Å². The number of unbranched alkanes of at least 4 members (excludes halogenated alkanes) is 20. The van der Waals surface area contributed by atoms with E-state index in [-0.39, 0.29) is 24.9 Å². The lowest BCUT2D eigenvalue weighted by Gasteiger charge is -2.24. The van der Waals surface area contributed by atoms with Crippen molar-refractivity contribution in [2.24, 2.45) is 0 Å². The molecule has 3 unspecified atom stereocenters. The van der Waals surface area contributed by atoms with Gasteiger partial charge in [0.05, 0.1) is 25.2 Å². The second-order valence-corrected chi connectivity index (χ2v) is 17.8. The van der Waals surface area contributed by atoms with Gasteiger partial charge in [-0.3, -0.25) is 9.59 Å². The number of amides is 1. The van der Waals surface area contributed by atoms with Gasteiger partial charge in [-0.25, -0.2) is 0 Å². The summed E-state index contributed by atoms with van der Waals surface area (Å²) in [6, 6.07) is -0.748. The number of carbonyl (C=O) groups excluding carboxylic acids is 2. The highest BCUT2D eigenvalue weighted by Gasteiger charge is 2.24. The zero-order valence-electron chi connectivity index (χ0n) is 43.4. The van der Waals surface area contributed by atoms with Gasteiger partial charge in [0.25, 0.3) is 0 Å². The lowest BCUT2D eigenvalue weighted by Crippen LogP contribution is -2.46. The third kappa shape index (κ3) is 48.2. The molecule has 3 N–H and O–H groups in total. The number of hydrogen-bond donors (Lipinski definition) is 3. The zero-order valence-corrected chi connectivity index (χ0v) is 43.4. The molecule has 0 aromatic heterocycles. The van der Waals surface area contributed by atoms with Crippen LogP contribution in [0.2, 0.25) is 0 Å². The quantitative estimate of drug-likeness (QED) is 0.0321. The SMILES string of the molecule is CC\C=C/C=C/C=C/C=C\C=C\C=C\CCCCCC(=O)OC(CCC/C=C/C=C/C=C\C=C\C=C\C=C/CC)CC(=O)NC(CO)C(O)CCCCCCCCCCCCCCCCCCC. The van der Waals surface area contributed by atoms with E-state index >= 15 is 0 Å². The van der Waals surface area contributed by atoms with E-state index in [9.17, 15) is 19.8 Å². The molecule has 0 aliphatic rings. The molecule has 0 radical (unpaired) electrons. The van der Waals surface area contributed by atoms with Crippen LogP contribution in [0.5, 0.6) is 0 Å². The minimum atomic E-state index is -0.828. The average molecular weight is 938 g/mol. The Morgan fingerprint density at radius 2 is 0.809 bits per heavy atom. The Morgan fingerprint density at radius 3 is 1.22 bits per heavy atom. The Morgan fingerprint density at radius 1 is 0.441 bits per heavy atom. The zero-order chi connectivity index (χ0) is 49.5. The molecule has 0 saturated heterocycles.